The van der Waals surface area contributed by atoms with Crippen molar-refractivity contribution < 1.29 is 4.79 Å². The van der Waals surface area contributed by atoms with Crippen molar-refractivity contribution in [1.82, 2.24) is 20.1 Å². The Kier molecular flexibility index (Phi) is 4.85. The molecule has 0 bridgehead atoms. The van der Waals surface area contributed by atoms with E-state index in [1.165, 1.54) is 4.88 Å². The summed E-state index contributed by atoms with van der Waals surface area (Å²) in [7, 11) is 1.81. The Bertz CT molecular complexity index is 840. The molecule has 2 N–H and O–H groups in total. The Morgan fingerprint density at radius 1 is 1.28 bits per heavy atom. The molecule has 0 atom stereocenters. The summed E-state index contributed by atoms with van der Waals surface area (Å²) in [4.78, 5) is 17.9. The first kappa shape index (κ1) is 17.2. The van der Waals surface area contributed by atoms with Gasteiger partial charge in [0.15, 0.2) is 0 Å². The van der Waals surface area contributed by atoms with Crippen molar-refractivity contribution in [2.24, 2.45) is 7.05 Å². The number of aromatic nitrogens is 3. The van der Waals surface area contributed by atoms with Crippen molar-refractivity contribution in [2.75, 3.05) is 11.9 Å². The second-order valence-corrected chi connectivity index (χ2v) is 7.40. The van der Waals surface area contributed by atoms with Gasteiger partial charge in [0.2, 0.25) is 0 Å². The summed E-state index contributed by atoms with van der Waals surface area (Å²) in [5, 5.41) is 12.3. The van der Waals surface area contributed by atoms with E-state index in [9.17, 15) is 4.79 Å². The third-order valence-electron chi connectivity index (χ3n) is 3.86. The minimum absolute atomic E-state index is 0.121. The average molecular weight is 355 g/mol. The highest BCUT2D eigenvalue weighted by molar-refractivity contribution is 7.10. The summed E-state index contributed by atoms with van der Waals surface area (Å²) in [5.74, 6) is 0. The third kappa shape index (κ3) is 4.06. The van der Waals surface area contributed by atoms with E-state index in [4.69, 9.17) is 0 Å². The maximum Gasteiger partial charge on any atom is 0.319 e. The van der Waals surface area contributed by atoms with E-state index in [0.717, 1.165) is 5.69 Å². The first-order valence-electron chi connectivity index (χ1n) is 7.99. The second-order valence-electron chi connectivity index (χ2n) is 6.45. The number of thiophene rings is 1. The van der Waals surface area contributed by atoms with E-state index in [0.29, 0.717) is 17.9 Å². The zero-order valence-corrected chi connectivity index (χ0v) is 15.3. The molecule has 0 radical (unpaired) electrons. The van der Waals surface area contributed by atoms with Gasteiger partial charge in [-0.25, -0.2) is 4.79 Å². The molecule has 0 aromatic carbocycles. The zero-order valence-electron chi connectivity index (χ0n) is 14.5. The van der Waals surface area contributed by atoms with Crippen LogP contribution in [0.5, 0.6) is 0 Å². The van der Waals surface area contributed by atoms with Gasteiger partial charge in [-0.05, 0) is 23.6 Å². The summed E-state index contributed by atoms with van der Waals surface area (Å²) in [6.07, 6.45) is 3.48. The van der Waals surface area contributed by atoms with Crippen LogP contribution in [0.3, 0.4) is 0 Å². The Hall–Kier alpha value is -2.67. The zero-order chi connectivity index (χ0) is 17.9. The van der Waals surface area contributed by atoms with Crippen LogP contribution in [0.2, 0.25) is 0 Å². The van der Waals surface area contributed by atoms with Crippen molar-refractivity contribution in [2.45, 2.75) is 19.3 Å². The Morgan fingerprint density at radius 2 is 2.12 bits per heavy atom. The van der Waals surface area contributed by atoms with Crippen LogP contribution in [-0.4, -0.2) is 27.3 Å². The van der Waals surface area contributed by atoms with E-state index >= 15 is 0 Å². The van der Waals surface area contributed by atoms with E-state index in [2.05, 4.69) is 40.6 Å². The van der Waals surface area contributed by atoms with Crippen molar-refractivity contribution in [3.8, 4) is 11.4 Å². The SMILES string of the molecule is Cn1cc(NC(=O)NCC(C)(C)c2cccs2)c(-c2ccccn2)n1. The predicted octanol–water partition coefficient (Wildman–Crippen LogP) is 3.64. The molecule has 0 aliphatic heterocycles. The lowest BCUT2D eigenvalue weighted by Gasteiger charge is -2.23. The van der Waals surface area contributed by atoms with Gasteiger partial charge in [-0.2, -0.15) is 5.10 Å². The molecule has 6 nitrogen and oxygen atoms in total. The Labute approximate surface area is 150 Å². The van der Waals surface area contributed by atoms with Crippen LogP contribution in [0, 0.1) is 0 Å². The van der Waals surface area contributed by atoms with Crippen LogP contribution in [0.15, 0.2) is 48.1 Å². The highest BCUT2D eigenvalue weighted by atomic mass is 32.1. The highest BCUT2D eigenvalue weighted by Crippen LogP contribution is 2.27. The molecule has 0 aliphatic rings. The molecule has 3 heterocycles. The number of rotatable bonds is 5. The number of nitrogens with one attached hydrogen (secondary N) is 2. The molecule has 130 valence electrons. The summed E-state index contributed by atoms with van der Waals surface area (Å²) in [6, 6.07) is 9.46. The topological polar surface area (TPSA) is 71.8 Å². The molecule has 0 spiro atoms. The number of anilines is 1. The number of carbonyl (C=O) groups is 1. The van der Waals surface area contributed by atoms with Gasteiger partial charge in [0.1, 0.15) is 5.69 Å². The number of nitrogens with zero attached hydrogens (tertiary/aromatic N) is 3. The van der Waals surface area contributed by atoms with E-state index in [-0.39, 0.29) is 11.4 Å². The first-order chi connectivity index (χ1) is 12.0. The number of carbonyl (C=O) groups excluding carboxylic acids is 1. The minimum atomic E-state index is -0.255. The fourth-order valence-corrected chi connectivity index (χ4v) is 3.34. The largest absolute Gasteiger partial charge is 0.337 e. The molecule has 7 heteroatoms. The third-order valence-corrected chi connectivity index (χ3v) is 5.10. The number of hydrogen-bond acceptors (Lipinski definition) is 4. The molecular weight excluding hydrogens is 334 g/mol. The van der Waals surface area contributed by atoms with E-state index in [1.807, 2.05) is 36.7 Å². The molecule has 0 aliphatic carbocycles. The van der Waals surface area contributed by atoms with Gasteiger partial charge < -0.3 is 10.6 Å². The number of urea groups is 1. The average Bonchev–Trinajstić information content (AvgIpc) is 3.24. The number of amides is 2. The van der Waals surface area contributed by atoms with Gasteiger partial charge in [-0.1, -0.05) is 26.0 Å². The van der Waals surface area contributed by atoms with Crippen molar-refractivity contribution >= 4 is 23.1 Å². The van der Waals surface area contributed by atoms with Crippen LogP contribution in [-0.2, 0) is 12.5 Å². The lowest BCUT2D eigenvalue weighted by atomic mass is 9.91. The van der Waals surface area contributed by atoms with Crippen molar-refractivity contribution in [1.29, 1.82) is 0 Å². The molecule has 2 amide bonds. The summed E-state index contributed by atoms with van der Waals surface area (Å²) >= 11 is 1.70. The Morgan fingerprint density at radius 3 is 2.80 bits per heavy atom. The van der Waals surface area contributed by atoms with E-state index in [1.54, 1.807) is 28.4 Å². The molecule has 0 unspecified atom stereocenters. The standard InChI is InChI=1S/C18H21N5OS/c1-18(2,15-8-6-10-25-15)12-20-17(24)21-14-11-23(3)22-16(14)13-7-4-5-9-19-13/h4-11H,12H2,1-3H3,(H2,20,21,24). The first-order valence-corrected chi connectivity index (χ1v) is 8.87. The summed E-state index contributed by atoms with van der Waals surface area (Å²) in [5.41, 5.74) is 1.88. The van der Waals surface area contributed by atoms with Gasteiger partial charge in [0.05, 0.1) is 11.4 Å². The molecule has 0 saturated heterocycles. The molecule has 3 aromatic heterocycles. The maximum atomic E-state index is 12.3. The van der Waals surface area contributed by atoms with Gasteiger partial charge in [-0.15, -0.1) is 11.3 Å². The molecule has 25 heavy (non-hydrogen) atoms. The summed E-state index contributed by atoms with van der Waals surface area (Å²) < 4.78 is 1.66. The van der Waals surface area contributed by atoms with Crippen LogP contribution in [0.25, 0.3) is 11.4 Å². The molecule has 3 aromatic rings. The smallest absolute Gasteiger partial charge is 0.319 e. The van der Waals surface area contributed by atoms with Crippen LogP contribution < -0.4 is 10.6 Å². The number of pyridine rings is 1. The normalized spacial score (nSPS) is 11.3. The van der Waals surface area contributed by atoms with Crippen LogP contribution in [0.4, 0.5) is 10.5 Å². The van der Waals surface area contributed by atoms with E-state index < -0.39 is 0 Å². The highest BCUT2D eigenvalue weighted by Gasteiger charge is 2.23. The van der Waals surface area contributed by atoms with Crippen LogP contribution in [0.1, 0.15) is 18.7 Å². The maximum absolute atomic E-state index is 12.3. The van der Waals surface area contributed by atoms with Crippen molar-refractivity contribution in [3.05, 3.63) is 53.0 Å². The second kappa shape index (κ2) is 7.06. The Balaban J connectivity index is 1.68. The van der Waals surface area contributed by atoms with Gasteiger partial charge in [0, 0.05) is 36.3 Å². The van der Waals surface area contributed by atoms with Gasteiger partial charge in [0.25, 0.3) is 0 Å². The quantitative estimate of drug-likeness (QED) is 0.734. The predicted molar refractivity (Wildman–Crippen MR) is 101 cm³/mol. The summed E-state index contributed by atoms with van der Waals surface area (Å²) in [6.45, 7) is 4.77. The number of aryl methyl sites for hydroxylation is 1. The van der Waals surface area contributed by atoms with Crippen LogP contribution >= 0.6 is 11.3 Å². The lowest BCUT2D eigenvalue weighted by molar-refractivity contribution is 0.250. The number of hydrogen-bond donors (Lipinski definition) is 2. The fraction of sp³-hybridized carbons (Fsp3) is 0.278. The fourth-order valence-electron chi connectivity index (χ4n) is 2.49. The van der Waals surface area contributed by atoms with Gasteiger partial charge >= 0.3 is 6.03 Å². The molecule has 3 rings (SSSR count). The molecule has 0 saturated carbocycles. The lowest BCUT2D eigenvalue weighted by Crippen LogP contribution is -2.38. The molecular formula is C18H21N5OS. The monoisotopic (exact) mass is 355 g/mol. The van der Waals surface area contributed by atoms with Crippen molar-refractivity contribution in [3.63, 3.8) is 0 Å². The van der Waals surface area contributed by atoms with Gasteiger partial charge in [-0.3, -0.25) is 9.67 Å². The molecule has 0 fully saturated rings. The minimum Gasteiger partial charge on any atom is -0.337 e.